The molecule has 0 bridgehead atoms. The Morgan fingerprint density at radius 2 is 1.97 bits per heavy atom. The second-order valence-electron chi connectivity index (χ2n) is 8.19. The number of cyclic esters (lactones) is 1. The number of morpholine rings is 1. The van der Waals surface area contributed by atoms with Gasteiger partial charge in [0.15, 0.2) is 5.82 Å². The van der Waals surface area contributed by atoms with Crippen molar-refractivity contribution in [1.29, 1.82) is 0 Å². The summed E-state index contributed by atoms with van der Waals surface area (Å²) in [5.74, 6) is 1.56. The highest BCUT2D eigenvalue weighted by Crippen LogP contribution is 2.28. The molecule has 2 saturated heterocycles. The second kappa shape index (κ2) is 10.0. The van der Waals surface area contributed by atoms with Crippen LogP contribution in [0.2, 0.25) is 0 Å². The van der Waals surface area contributed by atoms with Gasteiger partial charge in [-0.2, -0.15) is 9.97 Å². The first-order chi connectivity index (χ1) is 16.7. The molecule has 0 unspecified atom stereocenters. The van der Waals surface area contributed by atoms with Crippen LogP contribution in [0.1, 0.15) is 17.5 Å². The highest BCUT2D eigenvalue weighted by molar-refractivity contribution is 5.70. The first-order valence-electron chi connectivity index (χ1n) is 11.5. The highest BCUT2D eigenvalue weighted by atomic mass is 16.6. The molecule has 0 atom stereocenters. The Bertz CT molecular complexity index is 1070. The van der Waals surface area contributed by atoms with E-state index in [0.717, 1.165) is 48.6 Å². The fourth-order valence-corrected chi connectivity index (χ4v) is 4.15. The molecule has 11 heteroatoms. The summed E-state index contributed by atoms with van der Waals surface area (Å²) < 4.78 is 16.2. The zero-order valence-corrected chi connectivity index (χ0v) is 18.8. The topological polar surface area (TPSA) is 121 Å². The lowest BCUT2D eigenvalue weighted by molar-refractivity contribution is 0.122. The summed E-state index contributed by atoms with van der Waals surface area (Å²) in [5, 5.41) is 9.79. The van der Waals surface area contributed by atoms with Crippen LogP contribution in [0, 0.1) is 0 Å². The number of aromatic nitrogens is 2. The van der Waals surface area contributed by atoms with Crippen LogP contribution in [0.15, 0.2) is 30.3 Å². The van der Waals surface area contributed by atoms with Crippen molar-refractivity contribution in [3.8, 4) is 11.8 Å². The van der Waals surface area contributed by atoms with Crippen LogP contribution in [0.4, 0.5) is 16.4 Å². The molecule has 5 rings (SSSR count). The molecule has 2 aliphatic heterocycles. The molecule has 2 aromatic rings. The minimum atomic E-state index is -0.326. The van der Waals surface area contributed by atoms with Gasteiger partial charge in [0.1, 0.15) is 24.8 Å². The predicted molar refractivity (Wildman–Crippen MR) is 125 cm³/mol. The summed E-state index contributed by atoms with van der Waals surface area (Å²) in [6, 6.07) is 7.48. The molecule has 1 aromatic carbocycles. The Morgan fingerprint density at radius 3 is 2.79 bits per heavy atom. The molecule has 180 valence electrons. The summed E-state index contributed by atoms with van der Waals surface area (Å²) in [6.45, 7) is 4.35. The normalized spacial score (nSPS) is 17.6. The average Bonchev–Trinajstić information content (AvgIpc) is 3.27. The molecule has 2 fully saturated rings. The number of hydrazine groups is 1. The molecular formula is C23H28N6O5. The minimum Gasteiger partial charge on any atom is -0.508 e. The summed E-state index contributed by atoms with van der Waals surface area (Å²) in [6.07, 6.45) is 3.54. The fraction of sp³-hybridized carbons (Fsp3) is 0.435. The van der Waals surface area contributed by atoms with Crippen molar-refractivity contribution in [1.82, 2.24) is 20.3 Å². The van der Waals surface area contributed by atoms with E-state index < -0.39 is 0 Å². The molecule has 3 N–H and O–H groups in total. The van der Waals surface area contributed by atoms with Crippen LogP contribution >= 0.6 is 0 Å². The maximum Gasteiger partial charge on any atom is 0.410 e. The number of allylic oxidation sites excluding steroid dienone is 1. The third-order valence-corrected chi connectivity index (χ3v) is 5.93. The summed E-state index contributed by atoms with van der Waals surface area (Å²) >= 11 is 0. The average molecular weight is 469 g/mol. The van der Waals surface area contributed by atoms with Gasteiger partial charge in [0.2, 0.25) is 0 Å². The Kier molecular flexibility index (Phi) is 6.52. The van der Waals surface area contributed by atoms with Crippen molar-refractivity contribution >= 4 is 23.4 Å². The molecule has 1 aromatic heterocycles. The van der Waals surface area contributed by atoms with Gasteiger partial charge in [0.25, 0.3) is 0 Å². The van der Waals surface area contributed by atoms with Crippen LogP contribution < -0.4 is 20.5 Å². The van der Waals surface area contributed by atoms with E-state index in [0.29, 0.717) is 38.7 Å². The molecule has 34 heavy (non-hydrogen) atoms. The van der Waals surface area contributed by atoms with Gasteiger partial charge in [0, 0.05) is 24.7 Å². The third-order valence-electron chi connectivity index (χ3n) is 5.93. The van der Waals surface area contributed by atoms with Gasteiger partial charge in [-0.25, -0.2) is 4.79 Å². The number of hydrogen-bond donors (Lipinski definition) is 3. The molecule has 1 aliphatic carbocycles. The van der Waals surface area contributed by atoms with Crippen molar-refractivity contribution in [2.45, 2.75) is 12.8 Å². The first-order valence-corrected chi connectivity index (χ1v) is 11.5. The van der Waals surface area contributed by atoms with E-state index in [-0.39, 0.29) is 24.5 Å². The van der Waals surface area contributed by atoms with Crippen LogP contribution in [-0.4, -0.2) is 78.7 Å². The number of ether oxygens (including phenoxy) is 3. The number of rotatable bonds is 8. The van der Waals surface area contributed by atoms with Gasteiger partial charge < -0.3 is 29.1 Å². The van der Waals surface area contributed by atoms with E-state index in [9.17, 15) is 9.90 Å². The first kappa shape index (κ1) is 22.1. The minimum absolute atomic E-state index is 0.226. The van der Waals surface area contributed by atoms with Gasteiger partial charge in [-0.3, -0.25) is 10.9 Å². The van der Waals surface area contributed by atoms with Crippen LogP contribution in [0.5, 0.6) is 11.8 Å². The number of nitrogens with one attached hydrogen (secondary N) is 2. The van der Waals surface area contributed by atoms with Gasteiger partial charge in [-0.15, -0.1) is 0 Å². The Hall–Kier alpha value is -3.73. The van der Waals surface area contributed by atoms with Crippen LogP contribution in [0.3, 0.4) is 0 Å². The predicted octanol–water partition coefficient (Wildman–Crippen LogP) is 1.75. The number of anilines is 2. The summed E-state index contributed by atoms with van der Waals surface area (Å²) in [7, 11) is 0. The van der Waals surface area contributed by atoms with Crippen LogP contribution in [0.25, 0.3) is 5.70 Å². The number of aromatic hydroxyl groups is 1. The summed E-state index contributed by atoms with van der Waals surface area (Å²) in [4.78, 5) is 24.4. The number of fused-ring (bicyclic) bond motifs is 1. The monoisotopic (exact) mass is 468 g/mol. The zero-order valence-electron chi connectivity index (χ0n) is 18.8. The van der Waals surface area contributed by atoms with E-state index in [1.807, 2.05) is 12.1 Å². The number of phenolic OH excluding ortho intramolecular Hbond substituents is 1. The van der Waals surface area contributed by atoms with Gasteiger partial charge >= 0.3 is 12.1 Å². The number of phenols is 1. The third kappa shape index (κ3) is 5.09. The van der Waals surface area contributed by atoms with Crippen molar-refractivity contribution in [3.63, 3.8) is 0 Å². The fourth-order valence-electron chi connectivity index (χ4n) is 4.15. The highest BCUT2D eigenvalue weighted by Gasteiger charge is 2.22. The molecule has 0 radical (unpaired) electrons. The van der Waals surface area contributed by atoms with E-state index in [2.05, 4.69) is 31.8 Å². The lowest BCUT2D eigenvalue weighted by atomic mass is 9.95. The van der Waals surface area contributed by atoms with Crippen molar-refractivity contribution in [2.75, 3.05) is 62.9 Å². The molecule has 1 amide bonds. The van der Waals surface area contributed by atoms with Gasteiger partial charge in [0.05, 0.1) is 32.0 Å². The molecule has 0 saturated carbocycles. The lowest BCUT2D eigenvalue weighted by Crippen LogP contribution is -2.37. The number of carbonyl (C=O) groups is 1. The molecule has 11 nitrogen and oxygen atoms in total. The van der Waals surface area contributed by atoms with E-state index >= 15 is 0 Å². The SMILES string of the molecule is O=C1OCCN1CCOc1nc(NNC2=CCCc3cc(O)ccc32)cc(N2CCOCC2)n1. The van der Waals surface area contributed by atoms with Crippen molar-refractivity contribution in [2.24, 2.45) is 0 Å². The molecule has 3 heterocycles. The second-order valence-corrected chi connectivity index (χ2v) is 8.19. The van der Waals surface area contributed by atoms with Crippen molar-refractivity contribution < 1.29 is 24.1 Å². The van der Waals surface area contributed by atoms with Gasteiger partial charge in [-0.05, 0) is 36.6 Å². The number of carbonyl (C=O) groups excluding carboxylic acids is 1. The largest absolute Gasteiger partial charge is 0.508 e. The van der Waals surface area contributed by atoms with Crippen LogP contribution in [-0.2, 0) is 15.9 Å². The number of benzene rings is 1. The number of nitrogens with zero attached hydrogens (tertiary/aromatic N) is 4. The van der Waals surface area contributed by atoms with E-state index in [4.69, 9.17) is 14.2 Å². The number of hydrogen-bond acceptors (Lipinski definition) is 10. The van der Waals surface area contributed by atoms with E-state index in [1.165, 1.54) is 0 Å². The maximum atomic E-state index is 11.6. The molecular weight excluding hydrogens is 440 g/mol. The Balaban J connectivity index is 1.29. The molecule has 0 spiro atoms. The Morgan fingerprint density at radius 1 is 1.09 bits per heavy atom. The smallest absolute Gasteiger partial charge is 0.410 e. The zero-order chi connectivity index (χ0) is 23.3. The lowest BCUT2D eigenvalue weighted by Gasteiger charge is -2.28. The van der Waals surface area contributed by atoms with E-state index in [1.54, 1.807) is 17.0 Å². The standard InChI is InChI=1S/C23H28N6O5/c30-17-4-5-18-16(14-17)2-1-3-19(18)26-27-20-15-21(28-6-10-32-11-7-28)25-22(24-20)33-12-8-29-9-13-34-23(29)31/h3-5,14-15,26,30H,1-2,6-13H2,(H,24,25,27). The maximum absolute atomic E-state index is 11.6. The summed E-state index contributed by atoms with van der Waals surface area (Å²) in [5.41, 5.74) is 9.47. The van der Waals surface area contributed by atoms with Gasteiger partial charge in [-0.1, -0.05) is 6.08 Å². The Labute approximate surface area is 197 Å². The number of amides is 1. The van der Waals surface area contributed by atoms with Crippen molar-refractivity contribution in [3.05, 3.63) is 41.5 Å². The number of aryl methyl sites for hydroxylation is 1. The quantitative estimate of drug-likeness (QED) is 0.494. The molecule has 3 aliphatic rings.